The fourth-order valence-corrected chi connectivity index (χ4v) is 3.40. The second-order valence-corrected chi connectivity index (χ2v) is 5.83. The molecule has 5 aromatic rings. The number of hydrogen-bond donors (Lipinski definition) is 0. The van der Waals surface area contributed by atoms with Gasteiger partial charge in [0.1, 0.15) is 5.58 Å². The molecule has 0 unspecified atom stereocenters. The molecule has 3 nitrogen and oxygen atoms in total. The van der Waals surface area contributed by atoms with E-state index in [2.05, 4.69) is 0 Å². The normalized spacial score (nSPS) is 11.5. The lowest BCUT2D eigenvalue weighted by Gasteiger charge is -2.09. The first-order valence-corrected chi connectivity index (χ1v) is 7.85. The summed E-state index contributed by atoms with van der Waals surface area (Å²) in [5.74, 6) is 0. The highest BCUT2D eigenvalue weighted by molar-refractivity contribution is 6.12. The number of furan rings is 1. The molecule has 0 fully saturated rings. The Morgan fingerprint density at radius 1 is 0.708 bits per heavy atom. The third-order valence-corrected chi connectivity index (χ3v) is 4.45. The second kappa shape index (κ2) is 4.83. The Kier molecular flexibility index (Phi) is 2.65. The molecule has 3 aromatic carbocycles. The van der Waals surface area contributed by atoms with Gasteiger partial charge in [-0.25, -0.2) is 0 Å². The molecule has 24 heavy (non-hydrogen) atoms. The van der Waals surface area contributed by atoms with E-state index in [9.17, 15) is 5.21 Å². The summed E-state index contributed by atoms with van der Waals surface area (Å²) in [5.41, 5.74) is 4.60. The number of benzene rings is 3. The lowest BCUT2D eigenvalue weighted by atomic mass is 9.99. The van der Waals surface area contributed by atoms with E-state index in [0.29, 0.717) is 16.6 Å². The minimum absolute atomic E-state index is 0.586. The lowest BCUT2D eigenvalue weighted by Crippen LogP contribution is -2.28. The van der Waals surface area contributed by atoms with Crippen molar-refractivity contribution in [2.24, 2.45) is 0 Å². The molecule has 0 aliphatic carbocycles. The van der Waals surface area contributed by atoms with Gasteiger partial charge in [-0.15, -0.1) is 0 Å². The summed E-state index contributed by atoms with van der Waals surface area (Å²) in [5, 5.41) is 14.7. The summed E-state index contributed by atoms with van der Waals surface area (Å²) in [6, 6.07) is 25.4. The van der Waals surface area contributed by atoms with Gasteiger partial charge in [0.05, 0.1) is 10.8 Å². The molecule has 114 valence electrons. The summed E-state index contributed by atoms with van der Waals surface area (Å²) in [4.78, 5) is 0. The van der Waals surface area contributed by atoms with Crippen LogP contribution in [-0.2, 0) is 0 Å². The largest absolute Gasteiger partial charge is 0.618 e. The number of fused-ring (bicyclic) bond motifs is 4. The number of para-hydroxylation sites is 2. The van der Waals surface area contributed by atoms with Crippen LogP contribution in [0.15, 0.2) is 83.3 Å². The predicted molar refractivity (Wildman–Crippen MR) is 95.6 cm³/mol. The SMILES string of the molecule is [O-][n+]1c2ccccc2c(-c2ccccc2)c2oc3ccccc3c21. The van der Waals surface area contributed by atoms with Crippen molar-refractivity contribution in [3.05, 3.63) is 84.1 Å². The lowest BCUT2D eigenvalue weighted by molar-refractivity contribution is -0.547. The molecule has 0 radical (unpaired) electrons. The van der Waals surface area contributed by atoms with E-state index < -0.39 is 0 Å². The zero-order valence-electron chi connectivity index (χ0n) is 12.8. The molecule has 2 aromatic heterocycles. The molecule has 0 aliphatic rings. The molecule has 5 rings (SSSR count). The first kappa shape index (κ1) is 13.1. The first-order chi connectivity index (χ1) is 11.8. The summed E-state index contributed by atoms with van der Waals surface area (Å²) in [6.45, 7) is 0. The summed E-state index contributed by atoms with van der Waals surface area (Å²) in [6.07, 6.45) is 0. The quantitative estimate of drug-likeness (QED) is 0.321. The van der Waals surface area contributed by atoms with Crippen molar-refractivity contribution in [3.63, 3.8) is 0 Å². The van der Waals surface area contributed by atoms with Gasteiger partial charge in [0.2, 0.25) is 11.1 Å². The van der Waals surface area contributed by atoms with E-state index in [-0.39, 0.29) is 0 Å². The van der Waals surface area contributed by atoms with Crippen LogP contribution in [-0.4, -0.2) is 0 Å². The van der Waals surface area contributed by atoms with E-state index >= 15 is 0 Å². The summed E-state index contributed by atoms with van der Waals surface area (Å²) < 4.78 is 7.10. The number of aromatic nitrogens is 1. The van der Waals surface area contributed by atoms with Gasteiger partial charge in [-0.05, 0) is 23.8 Å². The van der Waals surface area contributed by atoms with Crippen LogP contribution < -0.4 is 4.73 Å². The van der Waals surface area contributed by atoms with Crippen molar-refractivity contribution in [2.45, 2.75) is 0 Å². The van der Waals surface area contributed by atoms with Crippen molar-refractivity contribution >= 4 is 33.0 Å². The number of nitrogens with zero attached hydrogens (tertiary/aromatic N) is 1. The Bertz CT molecular complexity index is 1210. The molecule has 3 heteroatoms. The van der Waals surface area contributed by atoms with Crippen molar-refractivity contribution in [3.8, 4) is 11.1 Å². The minimum atomic E-state index is 0.586. The molecule has 0 atom stereocenters. The van der Waals surface area contributed by atoms with Crippen LogP contribution in [0.2, 0.25) is 0 Å². The van der Waals surface area contributed by atoms with E-state index in [1.165, 1.54) is 0 Å². The Balaban J connectivity index is 2.10. The number of rotatable bonds is 1. The summed E-state index contributed by atoms with van der Waals surface area (Å²) in [7, 11) is 0. The van der Waals surface area contributed by atoms with Crippen LogP contribution in [0.3, 0.4) is 0 Å². The van der Waals surface area contributed by atoms with Crippen molar-refractivity contribution in [1.29, 1.82) is 0 Å². The van der Waals surface area contributed by atoms with E-state index in [1.807, 2.05) is 78.9 Å². The molecule has 0 N–H and O–H groups in total. The molecular formula is C21H13NO2. The Hall–Kier alpha value is -3.33. The van der Waals surface area contributed by atoms with Gasteiger partial charge in [0, 0.05) is 11.6 Å². The van der Waals surface area contributed by atoms with E-state index in [4.69, 9.17) is 4.42 Å². The Labute approximate surface area is 138 Å². The van der Waals surface area contributed by atoms with Crippen LogP contribution in [0.1, 0.15) is 0 Å². The maximum Gasteiger partial charge on any atom is 0.271 e. The van der Waals surface area contributed by atoms with Crippen LogP contribution in [0.25, 0.3) is 44.1 Å². The average molecular weight is 311 g/mol. The highest BCUT2D eigenvalue weighted by Gasteiger charge is 2.24. The van der Waals surface area contributed by atoms with Crippen molar-refractivity contribution in [1.82, 2.24) is 0 Å². The summed E-state index contributed by atoms with van der Waals surface area (Å²) >= 11 is 0. The maximum atomic E-state index is 13.0. The fourth-order valence-electron chi connectivity index (χ4n) is 3.40. The van der Waals surface area contributed by atoms with Gasteiger partial charge in [-0.1, -0.05) is 54.6 Å². The van der Waals surface area contributed by atoms with Gasteiger partial charge in [0.25, 0.3) is 5.52 Å². The maximum absolute atomic E-state index is 13.0. The third-order valence-electron chi connectivity index (χ3n) is 4.45. The molecular weight excluding hydrogens is 298 g/mol. The van der Waals surface area contributed by atoms with Gasteiger partial charge in [0.15, 0.2) is 0 Å². The molecule has 0 amide bonds. The smallest absolute Gasteiger partial charge is 0.271 e. The molecule has 0 spiro atoms. The second-order valence-electron chi connectivity index (χ2n) is 5.83. The average Bonchev–Trinajstić information content (AvgIpc) is 3.02. The van der Waals surface area contributed by atoms with Gasteiger partial charge in [-0.3, -0.25) is 0 Å². The monoisotopic (exact) mass is 311 g/mol. The molecule has 0 saturated carbocycles. The van der Waals surface area contributed by atoms with Gasteiger partial charge < -0.3 is 9.62 Å². The number of hydrogen-bond acceptors (Lipinski definition) is 2. The fraction of sp³-hybridized carbons (Fsp3) is 0. The van der Waals surface area contributed by atoms with Gasteiger partial charge in [-0.2, -0.15) is 4.73 Å². The first-order valence-electron chi connectivity index (χ1n) is 7.85. The van der Waals surface area contributed by atoms with Crippen molar-refractivity contribution < 1.29 is 9.15 Å². The number of pyridine rings is 1. The molecule has 0 bridgehead atoms. The van der Waals surface area contributed by atoms with Crippen molar-refractivity contribution in [2.75, 3.05) is 0 Å². The third kappa shape index (κ3) is 1.69. The topological polar surface area (TPSA) is 40.1 Å². The Morgan fingerprint density at radius 2 is 1.38 bits per heavy atom. The molecule has 0 saturated heterocycles. The van der Waals surface area contributed by atoms with E-state index in [1.54, 1.807) is 0 Å². The highest BCUT2D eigenvalue weighted by atomic mass is 16.5. The van der Waals surface area contributed by atoms with Crippen LogP contribution in [0.5, 0.6) is 0 Å². The van der Waals surface area contributed by atoms with Crippen LogP contribution in [0, 0.1) is 5.21 Å². The zero-order valence-corrected chi connectivity index (χ0v) is 12.8. The Morgan fingerprint density at radius 3 is 2.21 bits per heavy atom. The van der Waals surface area contributed by atoms with Gasteiger partial charge >= 0.3 is 0 Å². The predicted octanol–water partition coefficient (Wildman–Crippen LogP) is 5.04. The van der Waals surface area contributed by atoms with Crippen LogP contribution >= 0.6 is 0 Å². The molecule has 0 aliphatic heterocycles. The van der Waals surface area contributed by atoms with Crippen LogP contribution in [0.4, 0.5) is 0 Å². The highest BCUT2D eigenvalue weighted by Crippen LogP contribution is 2.38. The minimum Gasteiger partial charge on any atom is -0.618 e. The van der Waals surface area contributed by atoms with E-state index in [0.717, 1.165) is 32.2 Å². The molecule has 2 heterocycles. The zero-order chi connectivity index (χ0) is 16.1. The standard InChI is InChI=1S/C21H13NO2/c23-22-17-12-6-4-10-15(17)19(14-8-2-1-3-9-14)21-20(22)16-11-5-7-13-18(16)24-21/h1-13H.